The van der Waals surface area contributed by atoms with Crippen LogP contribution in [0.4, 0.5) is 22.7 Å². The third-order valence-electron chi connectivity index (χ3n) is 13.6. The Morgan fingerprint density at radius 3 is 1.02 bits per heavy atom. The van der Waals surface area contributed by atoms with Crippen LogP contribution in [0, 0.1) is 0 Å². The molecule has 0 aliphatic rings. The molecule has 0 saturated carbocycles. The van der Waals surface area contributed by atoms with Crippen LogP contribution in [0.1, 0.15) is 50.7 Å². The normalized spacial score (nSPS) is 11.3. The molecular formula is C74H58N6O10. The van der Waals surface area contributed by atoms with Gasteiger partial charge in [0, 0.05) is 75.8 Å². The zero-order valence-corrected chi connectivity index (χ0v) is 48.2. The molecule has 9 N–H and O–H groups in total. The molecule has 0 radical (unpaired) electrons. The highest BCUT2D eigenvalue weighted by Crippen LogP contribution is 2.31. The summed E-state index contributed by atoms with van der Waals surface area (Å²) in [5.41, 5.74) is 6.92. The fourth-order valence-corrected chi connectivity index (χ4v) is 8.86. The van der Waals surface area contributed by atoms with E-state index in [1.165, 1.54) is 55.8 Å². The van der Waals surface area contributed by atoms with Crippen LogP contribution in [0.5, 0.6) is 51.7 Å². The molecule has 0 unspecified atom stereocenters. The molecule has 16 heteroatoms. The second-order valence-electron chi connectivity index (χ2n) is 19.8. The maximum atomic E-state index is 11.1. The number of carbonyl (C=O) groups excluding carboxylic acids is 1. The molecule has 0 heterocycles. The summed E-state index contributed by atoms with van der Waals surface area (Å²) in [4.78, 5) is 28.9. The molecular weight excluding hydrogens is 1130 g/mol. The number of Topliss-reactive ketones (excluding diaryl/α,β-unsaturated/α-hetero) is 1. The third kappa shape index (κ3) is 16.6. The van der Waals surface area contributed by atoms with E-state index in [1.54, 1.807) is 85.5 Å². The fraction of sp³-hybridized carbons (Fsp3) is 0.0135. The van der Waals surface area contributed by atoms with Gasteiger partial charge in [0.25, 0.3) is 0 Å². The summed E-state index contributed by atoms with van der Waals surface area (Å²) >= 11 is 0. The molecule has 0 aromatic heterocycles. The average Bonchev–Trinajstić information content (AvgIpc) is 1.31. The number of phenolic OH excluding ortho intramolecular Hbond substituents is 9. The second-order valence-corrected chi connectivity index (χ2v) is 19.8. The standard InChI is InChI=1S/C28H20N2O2.C20H16N2O2.C14H12N2O4.C12H10O2/c31-27-15-9-19-5-1-3-7-23(19)25(27)17-29-21-11-13-22(14-12-21)30-18-26-24-8-4-2-6-20(24)10-16-28(26)32;23-19-7-3-1-5-15(19)13-21-17-9-11-18(12-10-17)22-14-16-6-2-4-8-20(16)24;17-11-3-1-9(13(19)5-11)7-15-16-8-10-2-4-12(18)6-14(10)20;1-8(13)10-7-6-9-4-2-3-5-11(9)12(10)14/h1-18,31-32H;1-14,23-24H;1-8,17-20H;2-7,14H,1H3/b;;15-7+,16-8+;. The van der Waals surface area contributed by atoms with Crippen LogP contribution in [-0.4, -0.2) is 89.0 Å². The number of hydrogen-bond acceptors (Lipinski definition) is 16. The van der Waals surface area contributed by atoms with Gasteiger partial charge in [-0.3, -0.25) is 24.8 Å². The van der Waals surface area contributed by atoms with Gasteiger partial charge >= 0.3 is 0 Å². The molecule has 0 fully saturated rings. The maximum absolute atomic E-state index is 11.1. The Morgan fingerprint density at radius 2 is 0.633 bits per heavy atom. The zero-order valence-electron chi connectivity index (χ0n) is 48.2. The lowest BCUT2D eigenvalue weighted by Crippen LogP contribution is -1.92. The van der Waals surface area contributed by atoms with Crippen LogP contribution in [0.3, 0.4) is 0 Å². The number of rotatable bonds is 12. The van der Waals surface area contributed by atoms with Gasteiger partial charge in [-0.2, -0.15) is 10.2 Å². The summed E-state index contributed by atoms with van der Waals surface area (Å²) in [6.07, 6.45) is 9.23. The van der Waals surface area contributed by atoms with E-state index in [2.05, 4.69) is 30.2 Å². The number of benzene rings is 12. The van der Waals surface area contributed by atoms with Crippen molar-refractivity contribution in [2.24, 2.45) is 30.2 Å². The topological polar surface area (TPSA) is 273 Å². The summed E-state index contributed by atoms with van der Waals surface area (Å²) in [6, 6.07) is 71.0. The molecule has 444 valence electrons. The smallest absolute Gasteiger partial charge is 0.163 e. The molecule has 0 spiro atoms. The van der Waals surface area contributed by atoms with Crippen molar-refractivity contribution in [2.75, 3.05) is 0 Å². The van der Waals surface area contributed by atoms with Crippen molar-refractivity contribution in [2.45, 2.75) is 6.92 Å². The second kappa shape index (κ2) is 29.9. The summed E-state index contributed by atoms with van der Waals surface area (Å²) in [5.74, 6) is 0.438. The van der Waals surface area contributed by atoms with Crippen molar-refractivity contribution >= 4 is 98.1 Å². The van der Waals surface area contributed by atoms with Gasteiger partial charge in [0.15, 0.2) is 5.78 Å². The van der Waals surface area contributed by atoms with Crippen LogP contribution < -0.4 is 0 Å². The highest BCUT2D eigenvalue weighted by Gasteiger charge is 2.10. The largest absolute Gasteiger partial charge is 0.508 e. The zero-order chi connectivity index (χ0) is 63.4. The highest BCUT2D eigenvalue weighted by atomic mass is 16.3. The first-order valence-corrected chi connectivity index (χ1v) is 27.8. The monoisotopic (exact) mass is 1190 g/mol. The highest BCUT2D eigenvalue weighted by molar-refractivity contribution is 6.05. The number of carbonyl (C=O) groups is 1. The van der Waals surface area contributed by atoms with E-state index in [0.29, 0.717) is 38.9 Å². The first-order chi connectivity index (χ1) is 43.7. The third-order valence-corrected chi connectivity index (χ3v) is 13.6. The number of hydrogen-bond donors (Lipinski definition) is 9. The molecule has 90 heavy (non-hydrogen) atoms. The number of aliphatic imine (C=N–C) groups is 4. The summed E-state index contributed by atoms with van der Waals surface area (Å²) in [5, 5.41) is 100. The van der Waals surface area contributed by atoms with Crippen LogP contribution in [0.15, 0.2) is 273 Å². The average molecular weight is 1190 g/mol. The van der Waals surface area contributed by atoms with Crippen molar-refractivity contribution in [1.29, 1.82) is 0 Å². The summed E-state index contributed by atoms with van der Waals surface area (Å²) in [7, 11) is 0. The van der Waals surface area contributed by atoms with Crippen molar-refractivity contribution in [3.8, 4) is 51.7 Å². The van der Waals surface area contributed by atoms with Gasteiger partial charge in [-0.1, -0.05) is 115 Å². The van der Waals surface area contributed by atoms with E-state index in [-0.39, 0.29) is 57.5 Å². The van der Waals surface area contributed by atoms with Gasteiger partial charge in [0.2, 0.25) is 0 Å². The molecule has 12 aromatic carbocycles. The van der Waals surface area contributed by atoms with E-state index in [1.807, 2.05) is 146 Å². The Morgan fingerprint density at radius 1 is 0.300 bits per heavy atom. The Hall–Kier alpha value is -12.7. The molecule has 0 aliphatic carbocycles. The number of para-hydroxylation sites is 2. The van der Waals surface area contributed by atoms with E-state index in [9.17, 15) is 40.5 Å². The Bertz CT molecular complexity index is 4450. The van der Waals surface area contributed by atoms with Crippen LogP contribution in [0.25, 0.3) is 32.3 Å². The number of ketones is 1. The predicted molar refractivity (Wildman–Crippen MR) is 360 cm³/mol. The first kappa shape index (κ1) is 61.9. The van der Waals surface area contributed by atoms with Gasteiger partial charge in [0.05, 0.1) is 40.7 Å². The van der Waals surface area contributed by atoms with Crippen LogP contribution in [-0.2, 0) is 0 Å². The van der Waals surface area contributed by atoms with Gasteiger partial charge in [-0.25, -0.2) is 0 Å². The van der Waals surface area contributed by atoms with Crippen molar-refractivity contribution in [3.63, 3.8) is 0 Å². The quantitative estimate of drug-likeness (QED) is 0.0317. The Kier molecular flexibility index (Phi) is 20.6. The molecule has 0 aliphatic heterocycles. The minimum Gasteiger partial charge on any atom is -0.508 e. The first-order valence-electron chi connectivity index (χ1n) is 27.8. The van der Waals surface area contributed by atoms with Crippen LogP contribution in [0.2, 0.25) is 0 Å². The molecule has 12 aromatic rings. The lowest BCUT2D eigenvalue weighted by molar-refractivity contribution is 0.101. The van der Waals surface area contributed by atoms with E-state index in [4.69, 9.17) is 10.2 Å². The maximum Gasteiger partial charge on any atom is 0.163 e. The van der Waals surface area contributed by atoms with E-state index < -0.39 is 0 Å². The summed E-state index contributed by atoms with van der Waals surface area (Å²) < 4.78 is 0. The lowest BCUT2D eigenvalue weighted by atomic mass is 10.0. The summed E-state index contributed by atoms with van der Waals surface area (Å²) in [6.45, 7) is 1.45. The van der Waals surface area contributed by atoms with E-state index >= 15 is 0 Å². The van der Waals surface area contributed by atoms with Gasteiger partial charge in [-0.05, 0) is 149 Å². The Balaban J connectivity index is 0.000000148. The number of nitrogens with zero attached hydrogens (tertiary/aromatic N) is 6. The predicted octanol–water partition coefficient (Wildman–Crippen LogP) is 16.2. The number of phenols is 9. The molecule has 0 atom stereocenters. The van der Waals surface area contributed by atoms with Crippen molar-refractivity contribution in [3.05, 3.63) is 282 Å². The minimum absolute atomic E-state index is 0.0443. The van der Waals surface area contributed by atoms with Crippen LogP contribution >= 0.6 is 0 Å². The molecule has 12 rings (SSSR count). The number of aromatic hydroxyl groups is 9. The molecule has 16 nitrogen and oxygen atoms in total. The number of fused-ring (bicyclic) bond motifs is 3. The lowest BCUT2D eigenvalue weighted by Gasteiger charge is -2.05. The SMILES string of the molecule is CC(=O)c1ccc2ccccc2c1O.Oc1ccc(/C=N/N=C/c2ccc(O)cc2O)c(O)c1.Oc1ccc2ccccc2c1C=Nc1ccc(N=Cc2c(O)ccc3ccccc23)cc1.Oc1ccccc1C=Nc1ccc(N=Cc2ccccc2O)cc1. The fourth-order valence-electron chi connectivity index (χ4n) is 8.86. The molecule has 0 saturated heterocycles. The van der Waals surface area contributed by atoms with Gasteiger partial charge < -0.3 is 46.0 Å². The van der Waals surface area contributed by atoms with Crippen molar-refractivity contribution < 1.29 is 50.8 Å². The minimum atomic E-state index is -0.117. The van der Waals surface area contributed by atoms with Gasteiger partial charge in [0.1, 0.15) is 51.7 Å². The van der Waals surface area contributed by atoms with Gasteiger partial charge in [-0.15, -0.1) is 0 Å². The van der Waals surface area contributed by atoms with Crippen molar-refractivity contribution in [1.82, 2.24) is 0 Å². The molecule has 0 amide bonds. The Labute approximate surface area is 517 Å². The molecule has 0 bridgehead atoms. The van der Waals surface area contributed by atoms with E-state index in [0.717, 1.165) is 55.1 Å².